The van der Waals surface area contributed by atoms with Gasteiger partial charge in [-0.05, 0) is 60.5 Å². The van der Waals surface area contributed by atoms with E-state index in [0.717, 1.165) is 24.0 Å². The predicted molar refractivity (Wildman–Crippen MR) is 160 cm³/mol. The number of nitrogens with zero attached hydrogens (tertiary/aromatic N) is 2. The summed E-state index contributed by atoms with van der Waals surface area (Å²) in [6.07, 6.45) is 3.04. The fourth-order valence-corrected chi connectivity index (χ4v) is 6.15. The van der Waals surface area contributed by atoms with E-state index in [4.69, 9.17) is 23.9 Å². The van der Waals surface area contributed by atoms with E-state index in [2.05, 4.69) is 6.92 Å². The molecule has 1 N–H and O–H groups in total. The van der Waals surface area contributed by atoms with Crippen LogP contribution in [0.2, 0.25) is 0 Å². The Bertz CT molecular complexity index is 1700. The molecular formula is C32H30N2O7S. The average molecular weight is 587 g/mol. The lowest BCUT2D eigenvalue weighted by atomic mass is 9.95. The zero-order chi connectivity index (χ0) is 29.2. The van der Waals surface area contributed by atoms with E-state index in [1.165, 1.54) is 16.2 Å². The third kappa shape index (κ3) is 5.14. The van der Waals surface area contributed by atoms with Gasteiger partial charge in [0.05, 0.1) is 35.5 Å². The number of aromatic nitrogens is 1. The number of thiazole rings is 1. The molecule has 3 aromatic carbocycles. The molecule has 216 valence electrons. The quantitative estimate of drug-likeness (QED) is 0.106. The topological polar surface area (TPSA) is 107 Å². The van der Waals surface area contributed by atoms with Crippen LogP contribution in [0.1, 0.15) is 43.4 Å². The summed E-state index contributed by atoms with van der Waals surface area (Å²) in [5.74, 6) is 0.379. The fourth-order valence-electron chi connectivity index (χ4n) is 5.13. The molecular weight excluding hydrogens is 556 g/mol. The third-order valence-electron chi connectivity index (χ3n) is 7.24. The van der Waals surface area contributed by atoms with E-state index in [9.17, 15) is 14.7 Å². The summed E-state index contributed by atoms with van der Waals surface area (Å²) < 4.78 is 23.5. The normalized spacial score (nSPS) is 17.6. The molecule has 1 fully saturated rings. The van der Waals surface area contributed by atoms with Crippen molar-refractivity contribution < 1.29 is 33.6 Å². The Morgan fingerprint density at radius 2 is 1.86 bits per heavy atom. The maximum absolute atomic E-state index is 13.7. The fraction of sp³-hybridized carbons (Fsp3) is 0.281. The zero-order valence-corrected chi connectivity index (χ0v) is 24.1. The monoisotopic (exact) mass is 586 g/mol. The van der Waals surface area contributed by atoms with Gasteiger partial charge >= 0.3 is 5.91 Å². The highest BCUT2D eigenvalue weighted by Gasteiger charge is 2.48. The molecule has 1 atom stereocenters. The number of amides is 1. The summed E-state index contributed by atoms with van der Waals surface area (Å²) in [5, 5.41) is 11.9. The molecule has 0 saturated carbocycles. The molecule has 0 bridgehead atoms. The van der Waals surface area contributed by atoms with E-state index in [1.54, 1.807) is 37.4 Å². The number of Topliss-reactive ketones (excluding diaryl/α,β-unsaturated/α-hetero) is 1. The number of rotatable bonds is 9. The molecule has 0 radical (unpaired) electrons. The standard InChI is InChI=1S/C32H30N2O7S/c1-3-4-5-13-39-22-8-6-7-19(16-22)28-27(29(35)20-9-12-24-25(17-20)41-15-14-40-24)30(36)31(37)34(28)32-33-23-11-10-21(38-2)18-26(23)42-32/h6-12,16-18,28,35H,3-5,13-15H2,1-2H3/t28-/m0/s1. The molecule has 1 amide bonds. The van der Waals surface area contributed by atoms with E-state index >= 15 is 0 Å². The van der Waals surface area contributed by atoms with Crippen LogP contribution in [-0.4, -0.2) is 48.7 Å². The molecule has 2 aliphatic rings. The summed E-state index contributed by atoms with van der Waals surface area (Å²) in [4.78, 5) is 33.4. The van der Waals surface area contributed by atoms with Crippen LogP contribution in [0.5, 0.6) is 23.0 Å². The number of benzene rings is 3. The van der Waals surface area contributed by atoms with Crippen molar-refractivity contribution in [2.75, 3.05) is 31.8 Å². The van der Waals surface area contributed by atoms with Crippen LogP contribution in [0, 0.1) is 0 Å². The summed E-state index contributed by atoms with van der Waals surface area (Å²) >= 11 is 1.27. The Morgan fingerprint density at radius 1 is 1.02 bits per heavy atom. The van der Waals surface area contributed by atoms with Gasteiger partial charge in [-0.2, -0.15) is 0 Å². The van der Waals surface area contributed by atoms with Crippen LogP contribution in [0.15, 0.2) is 66.2 Å². The van der Waals surface area contributed by atoms with Crippen molar-refractivity contribution in [2.24, 2.45) is 0 Å². The number of methoxy groups -OCH3 is 1. The van der Waals surface area contributed by atoms with Crippen molar-refractivity contribution in [3.63, 3.8) is 0 Å². The molecule has 42 heavy (non-hydrogen) atoms. The van der Waals surface area contributed by atoms with Crippen LogP contribution < -0.4 is 23.8 Å². The second-order valence-electron chi connectivity index (χ2n) is 9.99. The Kier molecular flexibility index (Phi) is 7.71. The molecule has 0 aliphatic carbocycles. The highest BCUT2D eigenvalue weighted by atomic mass is 32.1. The van der Waals surface area contributed by atoms with Crippen molar-refractivity contribution in [3.05, 3.63) is 77.4 Å². The Balaban J connectivity index is 1.47. The lowest BCUT2D eigenvalue weighted by Gasteiger charge is -2.24. The van der Waals surface area contributed by atoms with Gasteiger partial charge in [-0.15, -0.1) is 0 Å². The van der Waals surface area contributed by atoms with Crippen molar-refractivity contribution in [2.45, 2.75) is 32.2 Å². The molecule has 10 heteroatoms. The first-order valence-electron chi connectivity index (χ1n) is 13.9. The van der Waals surface area contributed by atoms with Crippen LogP contribution in [-0.2, 0) is 9.59 Å². The second-order valence-corrected chi connectivity index (χ2v) is 11.0. The number of unbranched alkanes of at least 4 members (excludes halogenated alkanes) is 2. The first kappa shape index (κ1) is 27.6. The molecule has 2 aliphatic heterocycles. The van der Waals surface area contributed by atoms with Crippen LogP contribution in [0.25, 0.3) is 16.0 Å². The second kappa shape index (κ2) is 11.7. The zero-order valence-electron chi connectivity index (χ0n) is 23.3. The predicted octanol–water partition coefficient (Wildman–Crippen LogP) is 6.27. The Hall–Kier alpha value is -4.57. The molecule has 1 aromatic heterocycles. The maximum Gasteiger partial charge on any atom is 0.301 e. The third-order valence-corrected chi connectivity index (χ3v) is 8.26. The van der Waals surface area contributed by atoms with Gasteiger partial charge in [0.25, 0.3) is 5.78 Å². The van der Waals surface area contributed by atoms with Crippen molar-refractivity contribution in [1.29, 1.82) is 0 Å². The number of carbonyl (C=O) groups is 2. The molecule has 1 saturated heterocycles. The van der Waals surface area contributed by atoms with Crippen molar-refractivity contribution >= 4 is 44.1 Å². The van der Waals surface area contributed by atoms with Gasteiger partial charge in [0, 0.05) is 5.56 Å². The molecule has 3 heterocycles. The van der Waals surface area contributed by atoms with Gasteiger partial charge in [-0.25, -0.2) is 4.98 Å². The lowest BCUT2D eigenvalue weighted by molar-refractivity contribution is -0.132. The van der Waals surface area contributed by atoms with Crippen LogP contribution in [0.3, 0.4) is 0 Å². The number of hydrogen-bond donors (Lipinski definition) is 1. The first-order chi connectivity index (χ1) is 20.5. The molecule has 9 nitrogen and oxygen atoms in total. The minimum absolute atomic E-state index is 0.0448. The largest absolute Gasteiger partial charge is 0.507 e. The molecule has 6 rings (SSSR count). The molecule has 0 spiro atoms. The first-order valence-corrected chi connectivity index (χ1v) is 14.7. The number of anilines is 1. The van der Waals surface area contributed by atoms with E-state index < -0.39 is 17.7 Å². The van der Waals surface area contributed by atoms with Gasteiger partial charge in [0.1, 0.15) is 30.5 Å². The van der Waals surface area contributed by atoms with Gasteiger partial charge in [-0.1, -0.05) is 43.2 Å². The summed E-state index contributed by atoms with van der Waals surface area (Å²) in [5.41, 5.74) is 1.56. The Morgan fingerprint density at radius 3 is 2.67 bits per heavy atom. The molecule has 4 aromatic rings. The number of aliphatic hydroxyl groups is 1. The van der Waals surface area contributed by atoms with E-state index in [0.29, 0.717) is 64.6 Å². The average Bonchev–Trinajstić information content (AvgIpc) is 3.56. The lowest BCUT2D eigenvalue weighted by Crippen LogP contribution is -2.29. The number of aliphatic hydroxyl groups excluding tert-OH is 1. The van der Waals surface area contributed by atoms with Crippen LogP contribution >= 0.6 is 11.3 Å². The van der Waals surface area contributed by atoms with Gasteiger partial charge in [-0.3, -0.25) is 14.5 Å². The summed E-state index contributed by atoms with van der Waals surface area (Å²) in [7, 11) is 1.58. The van der Waals surface area contributed by atoms with E-state index in [-0.39, 0.29) is 11.3 Å². The van der Waals surface area contributed by atoms with Gasteiger partial charge in [0.15, 0.2) is 16.6 Å². The number of ether oxygens (including phenoxy) is 4. The smallest absolute Gasteiger partial charge is 0.301 e. The Labute approximate surface area is 246 Å². The summed E-state index contributed by atoms with van der Waals surface area (Å²) in [6, 6.07) is 16.7. The highest BCUT2D eigenvalue weighted by molar-refractivity contribution is 7.22. The maximum atomic E-state index is 13.7. The van der Waals surface area contributed by atoms with Crippen LogP contribution in [0.4, 0.5) is 5.13 Å². The van der Waals surface area contributed by atoms with Gasteiger partial charge < -0.3 is 24.1 Å². The summed E-state index contributed by atoms with van der Waals surface area (Å²) in [6.45, 7) is 3.47. The SMILES string of the molecule is CCCCCOc1cccc([C@H]2C(=C(O)c3ccc4c(c3)OCCO4)C(=O)C(=O)N2c2nc3ccc(OC)cc3s2)c1. The van der Waals surface area contributed by atoms with Gasteiger partial charge in [0.2, 0.25) is 0 Å². The highest BCUT2D eigenvalue weighted by Crippen LogP contribution is 2.46. The number of ketones is 1. The number of carbonyl (C=O) groups excluding carboxylic acids is 2. The number of hydrogen-bond acceptors (Lipinski definition) is 9. The minimum Gasteiger partial charge on any atom is -0.507 e. The van der Waals surface area contributed by atoms with E-state index in [1.807, 2.05) is 30.3 Å². The van der Waals surface area contributed by atoms with Crippen molar-refractivity contribution in [1.82, 2.24) is 4.98 Å². The molecule has 0 unspecified atom stereocenters. The minimum atomic E-state index is -0.945. The number of fused-ring (bicyclic) bond motifs is 2. The van der Waals surface area contributed by atoms with Crippen molar-refractivity contribution in [3.8, 4) is 23.0 Å².